The van der Waals surface area contributed by atoms with E-state index in [-0.39, 0.29) is 13.2 Å². The number of esters is 2. The first kappa shape index (κ1) is 23.3. The number of hydrogen-bond donors (Lipinski definition) is 1. The number of aliphatic hydroxyl groups is 1. The van der Waals surface area contributed by atoms with Gasteiger partial charge in [-0.3, -0.25) is 9.59 Å². The summed E-state index contributed by atoms with van der Waals surface area (Å²) in [6.07, 6.45) is -3.84. The van der Waals surface area contributed by atoms with Gasteiger partial charge in [0.2, 0.25) is 0 Å². The summed E-state index contributed by atoms with van der Waals surface area (Å²) in [6, 6.07) is 19.1. The van der Waals surface area contributed by atoms with E-state index in [2.05, 4.69) is 0 Å². The SMILES string of the molecule is CC(=O)OC[C@H]1O[C@H](Sc2ccccc2)[C@@H](OCc2ccccc2)[C@@H](O)[C@@H]1OC(C)=O. The summed E-state index contributed by atoms with van der Waals surface area (Å²) in [5, 5.41) is 11.1. The third-order valence-corrected chi connectivity index (χ3v) is 5.81. The molecule has 0 aliphatic carbocycles. The van der Waals surface area contributed by atoms with Crippen LogP contribution < -0.4 is 0 Å². The molecule has 1 heterocycles. The van der Waals surface area contributed by atoms with Gasteiger partial charge in [0, 0.05) is 18.7 Å². The third kappa shape index (κ3) is 6.80. The van der Waals surface area contributed by atoms with Gasteiger partial charge in [0.15, 0.2) is 6.10 Å². The second kappa shape index (κ2) is 11.3. The van der Waals surface area contributed by atoms with Gasteiger partial charge in [0.25, 0.3) is 0 Å². The highest BCUT2D eigenvalue weighted by Gasteiger charge is 2.48. The average molecular weight is 447 g/mol. The molecule has 0 bridgehead atoms. The van der Waals surface area contributed by atoms with Crippen molar-refractivity contribution < 1.29 is 33.6 Å². The topological polar surface area (TPSA) is 91.3 Å². The maximum atomic E-state index is 11.7. The van der Waals surface area contributed by atoms with Gasteiger partial charge in [0.05, 0.1) is 6.61 Å². The fourth-order valence-corrected chi connectivity index (χ4v) is 4.39. The van der Waals surface area contributed by atoms with Crippen LogP contribution in [-0.4, -0.2) is 53.5 Å². The van der Waals surface area contributed by atoms with Crippen molar-refractivity contribution in [1.82, 2.24) is 0 Å². The summed E-state index contributed by atoms with van der Waals surface area (Å²) >= 11 is 1.38. The standard InChI is InChI=1S/C23H26O7S/c1-15(24)27-14-19-21(29-16(2)25)20(26)22(28-13-17-9-5-3-6-10-17)23(30-19)31-18-11-7-4-8-12-18/h3-12,19-23,26H,13-14H2,1-2H3/t19-,20+,21-,22+,23-/m1/s1. The van der Waals surface area contributed by atoms with Crippen LogP contribution in [0.25, 0.3) is 0 Å². The molecule has 0 spiro atoms. The second-order valence-electron chi connectivity index (χ2n) is 7.10. The lowest BCUT2D eigenvalue weighted by Gasteiger charge is -2.43. The number of thioether (sulfide) groups is 1. The molecule has 1 fully saturated rings. The minimum atomic E-state index is -1.18. The van der Waals surface area contributed by atoms with E-state index in [1.165, 1.54) is 25.6 Å². The highest BCUT2D eigenvalue weighted by molar-refractivity contribution is 7.99. The Morgan fingerprint density at radius 1 is 0.968 bits per heavy atom. The Morgan fingerprint density at radius 3 is 2.23 bits per heavy atom. The number of carbonyl (C=O) groups is 2. The molecule has 1 aliphatic heterocycles. The van der Waals surface area contributed by atoms with Crippen molar-refractivity contribution in [3.05, 3.63) is 66.2 Å². The van der Waals surface area contributed by atoms with E-state index in [0.29, 0.717) is 0 Å². The average Bonchev–Trinajstić information content (AvgIpc) is 2.75. The molecule has 2 aromatic carbocycles. The molecule has 3 rings (SSSR count). The summed E-state index contributed by atoms with van der Waals surface area (Å²) in [4.78, 5) is 23.9. The van der Waals surface area contributed by atoms with Crippen molar-refractivity contribution >= 4 is 23.7 Å². The van der Waals surface area contributed by atoms with Crippen molar-refractivity contribution in [3.63, 3.8) is 0 Å². The van der Waals surface area contributed by atoms with E-state index in [4.69, 9.17) is 18.9 Å². The molecule has 2 aromatic rings. The third-order valence-electron chi connectivity index (χ3n) is 4.65. The summed E-state index contributed by atoms with van der Waals surface area (Å²) < 4.78 is 22.6. The van der Waals surface area contributed by atoms with Crippen molar-refractivity contribution in [2.45, 2.75) is 55.2 Å². The minimum Gasteiger partial charge on any atom is -0.463 e. The van der Waals surface area contributed by atoms with E-state index in [9.17, 15) is 14.7 Å². The van der Waals surface area contributed by atoms with Crippen LogP contribution in [0.5, 0.6) is 0 Å². The van der Waals surface area contributed by atoms with Crippen molar-refractivity contribution in [1.29, 1.82) is 0 Å². The first-order valence-electron chi connectivity index (χ1n) is 9.95. The number of aliphatic hydroxyl groups excluding tert-OH is 1. The summed E-state index contributed by atoms with van der Waals surface area (Å²) in [5.41, 5.74) is 0.317. The molecule has 31 heavy (non-hydrogen) atoms. The first-order chi connectivity index (χ1) is 14.9. The van der Waals surface area contributed by atoms with E-state index in [0.717, 1.165) is 10.5 Å². The predicted molar refractivity (Wildman–Crippen MR) is 114 cm³/mol. The molecule has 0 amide bonds. The van der Waals surface area contributed by atoms with Gasteiger partial charge in [-0.2, -0.15) is 0 Å². The van der Waals surface area contributed by atoms with Gasteiger partial charge >= 0.3 is 11.9 Å². The van der Waals surface area contributed by atoms with Crippen LogP contribution in [0.1, 0.15) is 19.4 Å². The lowest BCUT2D eigenvalue weighted by Crippen LogP contribution is -2.59. The summed E-state index contributed by atoms with van der Waals surface area (Å²) in [5.74, 6) is -1.06. The van der Waals surface area contributed by atoms with E-state index in [1.54, 1.807) is 0 Å². The van der Waals surface area contributed by atoms with Crippen LogP contribution in [0, 0.1) is 0 Å². The van der Waals surface area contributed by atoms with E-state index >= 15 is 0 Å². The molecule has 1 aliphatic rings. The number of benzene rings is 2. The first-order valence-corrected chi connectivity index (χ1v) is 10.8. The number of carbonyl (C=O) groups excluding carboxylic acids is 2. The molecule has 1 N–H and O–H groups in total. The van der Waals surface area contributed by atoms with Crippen molar-refractivity contribution in [3.8, 4) is 0 Å². The van der Waals surface area contributed by atoms with Crippen molar-refractivity contribution in [2.24, 2.45) is 0 Å². The molecule has 0 unspecified atom stereocenters. The predicted octanol–water partition coefficient (Wildman–Crippen LogP) is 2.94. The smallest absolute Gasteiger partial charge is 0.303 e. The Hall–Kier alpha value is -2.39. The Kier molecular flexibility index (Phi) is 8.48. The fourth-order valence-electron chi connectivity index (χ4n) is 3.24. The zero-order valence-corrected chi connectivity index (χ0v) is 18.2. The maximum absolute atomic E-state index is 11.7. The Morgan fingerprint density at radius 2 is 1.61 bits per heavy atom. The van der Waals surface area contributed by atoms with Crippen LogP contribution in [0.4, 0.5) is 0 Å². The Balaban J connectivity index is 1.83. The van der Waals surface area contributed by atoms with Gasteiger partial charge in [-0.05, 0) is 17.7 Å². The summed E-state index contributed by atoms with van der Waals surface area (Å²) in [6.45, 7) is 2.63. The van der Waals surface area contributed by atoms with Crippen LogP contribution >= 0.6 is 11.8 Å². The molecule has 1 saturated heterocycles. The van der Waals surface area contributed by atoms with Gasteiger partial charge < -0.3 is 24.1 Å². The zero-order chi connectivity index (χ0) is 22.2. The molecule has 0 radical (unpaired) electrons. The summed E-state index contributed by atoms with van der Waals surface area (Å²) in [7, 11) is 0. The molecule has 166 valence electrons. The number of hydrogen-bond acceptors (Lipinski definition) is 8. The largest absolute Gasteiger partial charge is 0.463 e. The van der Waals surface area contributed by atoms with Crippen LogP contribution in [-0.2, 0) is 35.1 Å². The lowest BCUT2D eigenvalue weighted by atomic mass is 9.99. The van der Waals surface area contributed by atoms with E-state index < -0.39 is 41.8 Å². The van der Waals surface area contributed by atoms with E-state index in [1.807, 2.05) is 60.7 Å². The Bertz CT molecular complexity index is 846. The molecule has 8 heteroatoms. The lowest BCUT2D eigenvalue weighted by molar-refractivity contribution is -0.233. The van der Waals surface area contributed by atoms with Crippen molar-refractivity contribution in [2.75, 3.05) is 6.61 Å². The minimum absolute atomic E-state index is 0.151. The molecular weight excluding hydrogens is 420 g/mol. The second-order valence-corrected chi connectivity index (χ2v) is 8.27. The monoisotopic (exact) mass is 446 g/mol. The highest BCUT2D eigenvalue weighted by atomic mass is 32.2. The van der Waals surface area contributed by atoms with Gasteiger partial charge in [0.1, 0.15) is 30.4 Å². The van der Waals surface area contributed by atoms with Crippen LogP contribution in [0.3, 0.4) is 0 Å². The zero-order valence-electron chi connectivity index (χ0n) is 17.4. The molecule has 7 nitrogen and oxygen atoms in total. The van der Waals surface area contributed by atoms with Gasteiger partial charge in [-0.25, -0.2) is 0 Å². The maximum Gasteiger partial charge on any atom is 0.303 e. The molecule has 5 atom stereocenters. The van der Waals surface area contributed by atoms with Gasteiger partial charge in [-0.15, -0.1) is 0 Å². The number of ether oxygens (including phenoxy) is 4. The normalized spacial score (nSPS) is 25.6. The van der Waals surface area contributed by atoms with Crippen LogP contribution in [0.15, 0.2) is 65.6 Å². The van der Waals surface area contributed by atoms with Gasteiger partial charge in [-0.1, -0.05) is 60.3 Å². The fraction of sp³-hybridized carbons (Fsp3) is 0.391. The number of rotatable bonds is 8. The Labute approximate surface area is 185 Å². The highest BCUT2D eigenvalue weighted by Crippen LogP contribution is 2.36. The quantitative estimate of drug-likeness (QED) is 0.619. The van der Waals surface area contributed by atoms with Crippen LogP contribution in [0.2, 0.25) is 0 Å². The molecule has 0 saturated carbocycles. The molecular formula is C23H26O7S. The molecule has 0 aromatic heterocycles.